The molecule has 4 N–H and O–H groups in total. The molecule has 0 fully saturated rings. The smallest absolute Gasteiger partial charge is 0.490 e. The first-order valence-corrected chi connectivity index (χ1v) is 10.1. The van der Waals surface area contributed by atoms with Gasteiger partial charge in [0.25, 0.3) is 11.1 Å². The number of H-pyrrole nitrogens is 3. The number of thiophene rings is 1. The van der Waals surface area contributed by atoms with Crippen LogP contribution in [-0.4, -0.2) is 44.3 Å². The van der Waals surface area contributed by atoms with Crippen LogP contribution in [0, 0.1) is 0 Å². The molecule has 0 unspecified atom stereocenters. The van der Waals surface area contributed by atoms with Gasteiger partial charge in [-0.3, -0.25) is 9.59 Å². The molecule has 0 spiro atoms. The summed E-state index contributed by atoms with van der Waals surface area (Å²) in [4.78, 5) is 47.1. The Morgan fingerprint density at radius 3 is 2.15 bits per heavy atom. The molecule has 3 heterocycles. The molecule has 0 aliphatic heterocycles. The topological polar surface area (TPSA) is 141 Å². The highest BCUT2D eigenvalue weighted by Gasteiger charge is 2.38. The summed E-state index contributed by atoms with van der Waals surface area (Å²) in [5.74, 6) is -2.11. The van der Waals surface area contributed by atoms with Crippen LogP contribution in [0.1, 0.15) is 37.0 Å². The monoisotopic (exact) mass is 486 g/mol. The van der Waals surface area contributed by atoms with Crippen LogP contribution in [0.5, 0.6) is 5.75 Å². The molecule has 0 radical (unpaired) electrons. The molecular formula is C20H21F3N4O5S. The van der Waals surface area contributed by atoms with Crippen molar-refractivity contribution in [3.05, 3.63) is 65.4 Å². The maximum absolute atomic E-state index is 12.4. The van der Waals surface area contributed by atoms with E-state index in [1.807, 2.05) is 26.2 Å². The van der Waals surface area contributed by atoms with Gasteiger partial charge < -0.3 is 24.8 Å². The van der Waals surface area contributed by atoms with Gasteiger partial charge in [0.2, 0.25) is 0 Å². The lowest BCUT2D eigenvalue weighted by molar-refractivity contribution is -0.192. The molecular weight excluding hydrogens is 465 g/mol. The zero-order valence-corrected chi connectivity index (χ0v) is 18.8. The van der Waals surface area contributed by atoms with Crippen LogP contribution < -0.4 is 26.6 Å². The van der Waals surface area contributed by atoms with Crippen LogP contribution in [0.3, 0.4) is 0 Å². The number of nitrogens with one attached hydrogen (secondary N) is 3. The molecule has 9 nitrogen and oxygen atoms in total. The van der Waals surface area contributed by atoms with Crippen LogP contribution >= 0.6 is 11.3 Å². The van der Waals surface area contributed by atoms with Crippen molar-refractivity contribution in [1.82, 2.24) is 19.9 Å². The zero-order chi connectivity index (χ0) is 25.0. The lowest BCUT2D eigenvalue weighted by Gasteiger charge is -2.16. The number of imidazole rings is 1. The van der Waals surface area contributed by atoms with Gasteiger partial charge in [0.1, 0.15) is 16.4 Å². The number of ether oxygens (including phenoxy) is 1. The number of aromatic amines is 3. The standard InChI is InChI=1S/C18H20N4O3S.C2HF3O2/c1-18(2,3)15-10(19-9-20-15)7-11-16(23)22-12(17(24)21-11)8-14-13(25-4)5-6-26-14;3-2(4,5)1(6)7/h5-9H,1-4H3,(H,19,20)(H,21,24)(H,22,23);(H,6,7)/b11-7-,12-8-;. The third-order valence-corrected chi connectivity index (χ3v) is 4.93. The highest BCUT2D eigenvalue weighted by atomic mass is 32.1. The number of carbonyl (C=O) groups is 1. The molecule has 0 aliphatic rings. The number of rotatable bonds is 3. The van der Waals surface area contributed by atoms with Gasteiger partial charge in [0.05, 0.1) is 24.0 Å². The predicted octanol–water partition coefficient (Wildman–Crippen LogP) is 1.44. The number of hydrogen-bond acceptors (Lipinski definition) is 6. The molecule has 33 heavy (non-hydrogen) atoms. The van der Waals surface area contributed by atoms with Gasteiger partial charge in [-0.25, -0.2) is 9.78 Å². The summed E-state index contributed by atoms with van der Waals surface area (Å²) in [5, 5.41) is 9.30. The fourth-order valence-corrected chi connectivity index (χ4v) is 3.35. The van der Waals surface area contributed by atoms with Crippen molar-refractivity contribution >= 4 is 29.5 Å². The number of aliphatic carboxylic acids is 1. The second-order valence-electron chi connectivity index (χ2n) is 7.59. The van der Waals surface area contributed by atoms with E-state index in [1.54, 1.807) is 31.7 Å². The van der Waals surface area contributed by atoms with Crippen LogP contribution in [0.2, 0.25) is 0 Å². The van der Waals surface area contributed by atoms with Gasteiger partial charge in [-0.2, -0.15) is 13.2 Å². The number of carboxylic acid groups (broad SMARTS) is 1. The largest absolute Gasteiger partial charge is 0.495 e. The maximum atomic E-state index is 12.4. The Kier molecular flexibility index (Phi) is 7.69. The van der Waals surface area contributed by atoms with Crippen molar-refractivity contribution in [2.24, 2.45) is 0 Å². The van der Waals surface area contributed by atoms with E-state index in [4.69, 9.17) is 14.6 Å². The Hall–Kier alpha value is -3.61. The molecule has 0 saturated heterocycles. The molecule has 3 rings (SSSR count). The van der Waals surface area contributed by atoms with Crippen molar-refractivity contribution in [2.75, 3.05) is 7.11 Å². The maximum Gasteiger partial charge on any atom is 0.490 e. The molecule has 0 amide bonds. The first-order chi connectivity index (χ1) is 15.2. The fraction of sp³-hybridized carbons (Fsp3) is 0.300. The summed E-state index contributed by atoms with van der Waals surface area (Å²) < 4.78 is 37.0. The normalized spacial score (nSPS) is 12.9. The lowest BCUT2D eigenvalue weighted by atomic mass is 9.90. The third kappa shape index (κ3) is 6.68. The minimum atomic E-state index is -5.08. The average molecular weight is 486 g/mol. The van der Waals surface area contributed by atoms with Crippen LogP contribution in [0.25, 0.3) is 12.2 Å². The third-order valence-electron chi connectivity index (χ3n) is 4.08. The van der Waals surface area contributed by atoms with Crippen molar-refractivity contribution in [3.8, 4) is 5.75 Å². The first-order valence-electron chi connectivity index (χ1n) is 9.25. The van der Waals surface area contributed by atoms with Crippen LogP contribution in [-0.2, 0) is 10.2 Å². The second-order valence-corrected chi connectivity index (χ2v) is 8.54. The first kappa shape index (κ1) is 25.6. The average Bonchev–Trinajstić information content (AvgIpc) is 3.34. The van der Waals surface area contributed by atoms with Crippen molar-refractivity contribution in [2.45, 2.75) is 32.4 Å². The van der Waals surface area contributed by atoms with E-state index < -0.39 is 17.7 Å². The van der Waals surface area contributed by atoms with Gasteiger partial charge in [-0.15, -0.1) is 11.3 Å². The highest BCUT2D eigenvalue weighted by molar-refractivity contribution is 7.11. The molecule has 0 aliphatic carbocycles. The van der Waals surface area contributed by atoms with E-state index in [-0.39, 0.29) is 21.7 Å². The molecule has 3 aromatic rings. The summed E-state index contributed by atoms with van der Waals surface area (Å²) in [6, 6.07) is 1.80. The number of alkyl halides is 3. The van der Waals surface area contributed by atoms with Crippen molar-refractivity contribution < 1.29 is 27.8 Å². The Bertz CT molecular complexity index is 1360. The Labute approximate surface area is 188 Å². The van der Waals surface area contributed by atoms with Crippen molar-refractivity contribution in [1.29, 1.82) is 0 Å². The van der Waals surface area contributed by atoms with E-state index in [0.717, 1.165) is 10.6 Å². The summed E-state index contributed by atoms with van der Waals surface area (Å²) in [7, 11) is 1.56. The van der Waals surface area contributed by atoms with E-state index in [9.17, 15) is 22.8 Å². The molecule has 178 valence electrons. The van der Waals surface area contributed by atoms with Gasteiger partial charge >= 0.3 is 12.1 Å². The SMILES string of the molecule is COc1ccsc1/C=c1\[nH]c(=O)/c(=C/c2nc[nH]c2C(C)(C)C)[nH]c1=O.O=C(O)C(F)(F)F. The van der Waals surface area contributed by atoms with Crippen molar-refractivity contribution in [3.63, 3.8) is 0 Å². The van der Waals surface area contributed by atoms with Gasteiger partial charge in [-0.05, 0) is 23.6 Å². The number of nitrogens with zero attached hydrogens (tertiary/aromatic N) is 1. The van der Waals surface area contributed by atoms with E-state index in [2.05, 4.69) is 19.9 Å². The van der Waals surface area contributed by atoms with E-state index in [0.29, 0.717) is 11.4 Å². The number of carboxylic acids is 1. The zero-order valence-electron chi connectivity index (χ0n) is 18.0. The van der Waals surface area contributed by atoms with Crippen LogP contribution in [0.15, 0.2) is 27.4 Å². The lowest BCUT2D eigenvalue weighted by Crippen LogP contribution is -2.46. The molecule has 3 aromatic heterocycles. The van der Waals surface area contributed by atoms with Gasteiger partial charge in [0.15, 0.2) is 0 Å². The summed E-state index contributed by atoms with van der Waals surface area (Å²) >= 11 is 1.42. The van der Waals surface area contributed by atoms with E-state index in [1.165, 1.54) is 11.3 Å². The molecule has 0 saturated carbocycles. The number of hydrogen-bond donors (Lipinski definition) is 4. The molecule has 0 bridgehead atoms. The predicted molar refractivity (Wildman–Crippen MR) is 116 cm³/mol. The van der Waals surface area contributed by atoms with Gasteiger partial charge in [0, 0.05) is 11.1 Å². The van der Waals surface area contributed by atoms with Crippen LogP contribution in [0.4, 0.5) is 13.2 Å². The van der Waals surface area contributed by atoms with E-state index >= 15 is 0 Å². The van der Waals surface area contributed by atoms with Gasteiger partial charge in [-0.1, -0.05) is 20.8 Å². The second kappa shape index (κ2) is 9.90. The Balaban J connectivity index is 0.000000479. The molecule has 0 atom stereocenters. The number of aromatic nitrogens is 4. The summed E-state index contributed by atoms with van der Waals surface area (Å²) in [6.07, 6.45) is -0.334. The quantitative estimate of drug-likeness (QED) is 0.442. The molecule has 0 aromatic carbocycles. The number of halogens is 3. The fourth-order valence-electron chi connectivity index (χ4n) is 2.56. The Morgan fingerprint density at radius 1 is 1.12 bits per heavy atom. The summed E-state index contributed by atoms with van der Waals surface area (Å²) in [6.45, 7) is 6.12. The minimum Gasteiger partial charge on any atom is -0.495 e. The Morgan fingerprint density at radius 2 is 1.67 bits per heavy atom. The molecule has 13 heteroatoms. The minimum absolute atomic E-state index is 0.155. The number of methoxy groups -OCH3 is 1. The summed E-state index contributed by atoms with van der Waals surface area (Å²) in [5.41, 5.74) is 0.555. The highest BCUT2D eigenvalue weighted by Crippen LogP contribution is 2.24.